The number of amidine groups is 1. The molecule has 0 N–H and O–H groups in total. The highest BCUT2D eigenvalue weighted by Crippen LogP contribution is 2.20. The lowest BCUT2D eigenvalue weighted by Crippen LogP contribution is -2.37. The van der Waals surface area contributed by atoms with Crippen LogP contribution < -0.4 is 4.90 Å². The van der Waals surface area contributed by atoms with E-state index in [9.17, 15) is 4.79 Å². The Balaban J connectivity index is 0.00000208. The molecular formula is C19H20Br2N2O. The van der Waals surface area contributed by atoms with Crippen molar-refractivity contribution in [2.45, 2.75) is 19.3 Å². The number of hydrogen-bond donors (Lipinski definition) is 0. The first-order valence-corrected chi connectivity index (χ1v) is 8.68. The molecule has 3 rings (SSSR count). The number of carbonyl (C=O) groups excluding carboxylic acids is 1. The molecule has 0 aromatic heterocycles. The van der Waals surface area contributed by atoms with E-state index >= 15 is 0 Å². The molecule has 0 unspecified atom stereocenters. The quantitative estimate of drug-likeness (QED) is 0.591. The molecule has 3 nitrogen and oxygen atoms in total. The maximum atomic E-state index is 12.7. The van der Waals surface area contributed by atoms with Gasteiger partial charge >= 0.3 is 0 Å². The molecule has 0 amide bonds. The number of nitrogens with zero attached hydrogens (tertiary/aromatic N) is 2. The maximum absolute atomic E-state index is 12.7. The van der Waals surface area contributed by atoms with Crippen molar-refractivity contribution in [2.24, 2.45) is 4.99 Å². The summed E-state index contributed by atoms with van der Waals surface area (Å²) in [5.74, 6) is 1.13. The molecule has 126 valence electrons. The Kier molecular flexibility index (Phi) is 7.18. The van der Waals surface area contributed by atoms with Gasteiger partial charge in [0.15, 0.2) is 5.78 Å². The number of hydrogen-bond acceptors (Lipinski definition) is 3. The largest absolute Gasteiger partial charge is 0.322 e. The number of para-hydroxylation sites is 1. The van der Waals surface area contributed by atoms with Crippen LogP contribution in [-0.2, 0) is 0 Å². The summed E-state index contributed by atoms with van der Waals surface area (Å²) in [6.45, 7) is 1.18. The van der Waals surface area contributed by atoms with Crippen LogP contribution >= 0.6 is 32.9 Å². The standard InChI is InChI=1S/C19H19BrN2O.BrH/c20-16-11-9-15(10-12-16)18(23)14-22(17-6-2-1-3-7-17)19-8-4-5-13-21-19;/h1-3,6-7,9-12H,4-5,8,13-14H2;1H. The van der Waals surface area contributed by atoms with Gasteiger partial charge in [0.25, 0.3) is 0 Å². The van der Waals surface area contributed by atoms with Crippen molar-refractivity contribution in [3.8, 4) is 0 Å². The van der Waals surface area contributed by atoms with Gasteiger partial charge in [0.1, 0.15) is 5.84 Å². The second-order valence-electron chi connectivity index (χ2n) is 5.61. The molecule has 0 aliphatic carbocycles. The zero-order chi connectivity index (χ0) is 16.1. The molecule has 2 aromatic carbocycles. The molecule has 0 spiro atoms. The van der Waals surface area contributed by atoms with Crippen molar-refractivity contribution in [1.82, 2.24) is 0 Å². The molecule has 5 heteroatoms. The van der Waals surface area contributed by atoms with E-state index in [1.54, 1.807) is 0 Å². The third kappa shape index (κ3) is 4.77. The summed E-state index contributed by atoms with van der Waals surface area (Å²) in [6, 6.07) is 17.6. The lowest BCUT2D eigenvalue weighted by molar-refractivity contribution is 0.100. The van der Waals surface area contributed by atoms with Crippen LogP contribution in [0.25, 0.3) is 0 Å². The van der Waals surface area contributed by atoms with Crippen molar-refractivity contribution in [3.05, 3.63) is 64.6 Å². The summed E-state index contributed by atoms with van der Waals surface area (Å²) < 4.78 is 0.977. The van der Waals surface area contributed by atoms with Gasteiger partial charge in [-0.05, 0) is 37.1 Å². The molecule has 0 saturated heterocycles. The first kappa shape index (κ1) is 18.9. The summed E-state index contributed by atoms with van der Waals surface area (Å²) in [7, 11) is 0. The average molecular weight is 452 g/mol. The van der Waals surface area contributed by atoms with Crippen LogP contribution in [0.5, 0.6) is 0 Å². The van der Waals surface area contributed by atoms with E-state index < -0.39 is 0 Å². The van der Waals surface area contributed by atoms with E-state index in [4.69, 9.17) is 0 Å². The van der Waals surface area contributed by atoms with Crippen molar-refractivity contribution >= 4 is 50.2 Å². The fourth-order valence-electron chi connectivity index (χ4n) is 2.71. The predicted molar refractivity (Wildman–Crippen MR) is 109 cm³/mol. The minimum Gasteiger partial charge on any atom is -0.322 e. The fourth-order valence-corrected chi connectivity index (χ4v) is 2.98. The first-order chi connectivity index (χ1) is 11.2. The molecular weight excluding hydrogens is 432 g/mol. The molecule has 1 heterocycles. The van der Waals surface area contributed by atoms with Gasteiger partial charge in [-0.15, -0.1) is 17.0 Å². The normalized spacial score (nSPS) is 13.6. The zero-order valence-corrected chi connectivity index (χ0v) is 16.6. The van der Waals surface area contributed by atoms with Gasteiger partial charge in [0, 0.05) is 28.7 Å². The van der Waals surface area contributed by atoms with E-state index in [0.29, 0.717) is 6.54 Å². The lowest BCUT2D eigenvalue weighted by Gasteiger charge is -2.27. The molecule has 1 aliphatic rings. The molecule has 0 bridgehead atoms. The van der Waals surface area contributed by atoms with Crippen LogP contribution in [0.4, 0.5) is 5.69 Å². The molecule has 0 saturated carbocycles. The molecule has 24 heavy (non-hydrogen) atoms. The number of rotatable bonds is 4. The number of benzene rings is 2. The molecule has 2 aromatic rings. The van der Waals surface area contributed by atoms with Crippen LogP contribution in [0, 0.1) is 0 Å². The Bertz CT molecular complexity index is 699. The summed E-state index contributed by atoms with van der Waals surface area (Å²) in [4.78, 5) is 19.4. The highest BCUT2D eigenvalue weighted by Gasteiger charge is 2.19. The SMILES string of the molecule is Br.O=C(CN(C1=NCCCC1)c1ccccc1)c1ccc(Br)cc1. The number of Topliss-reactive ketones (excluding diaryl/α,β-unsaturated/α-hetero) is 1. The maximum Gasteiger partial charge on any atom is 0.182 e. The summed E-state index contributed by atoms with van der Waals surface area (Å²) in [6.07, 6.45) is 3.20. The summed E-state index contributed by atoms with van der Waals surface area (Å²) in [5, 5.41) is 0. The van der Waals surface area contributed by atoms with Crippen LogP contribution in [-0.4, -0.2) is 24.7 Å². The Morgan fingerprint density at radius 1 is 1.04 bits per heavy atom. The molecule has 0 radical (unpaired) electrons. The minimum atomic E-state index is 0. The number of anilines is 1. The third-order valence-corrected chi connectivity index (χ3v) is 4.48. The first-order valence-electron chi connectivity index (χ1n) is 7.89. The molecule has 0 fully saturated rings. The Labute approximate surface area is 161 Å². The van der Waals surface area contributed by atoms with Crippen molar-refractivity contribution in [2.75, 3.05) is 18.0 Å². The molecule has 1 aliphatic heterocycles. The van der Waals surface area contributed by atoms with Gasteiger partial charge in [0.05, 0.1) is 6.54 Å². The smallest absolute Gasteiger partial charge is 0.182 e. The predicted octanol–water partition coefficient (Wildman–Crippen LogP) is 5.30. The zero-order valence-electron chi connectivity index (χ0n) is 13.3. The summed E-state index contributed by atoms with van der Waals surface area (Å²) in [5.41, 5.74) is 1.75. The van der Waals surface area contributed by atoms with Crippen LogP contribution in [0.3, 0.4) is 0 Å². The Morgan fingerprint density at radius 2 is 1.75 bits per heavy atom. The van der Waals surface area contributed by atoms with Crippen molar-refractivity contribution in [3.63, 3.8) is 0 Å². The van der Waals surface area contributed by atoms with Gasteiger partial charge in [-0.3, -0.25) is 9.79 Å². The highest BCUT2D eigenvalue weighted by atomic mass is 79.9. The molecule has 0 atom stereocenters. The van der Waals surface area contributed by atoms with E-state index in [1.165, 1.54) is 0 Å². The second-order valence-corrected chi connectivity index (χ2v) is 6.52. The van der Waals surface area contributed by atoms with Gasteiger partial charge in [-0.1, -0.05) is 46.3 Å². The van der Waals surface area contributed by atoms with Gasteiger partial charge < -0.3 is 4.90 Å². The monoisotopic (exact) mass is 450 g/mol. The minimum absolute atomic E-state index is 0. The van der Waals surface area contributed by atoms with Gasteiger partial charge in [0.2, 0.25) is 0 Å². The average Bonchev–Trinajstić information content (AvgIpc) is 2.61. The van der Waals surface area contributed by atoms with Gasteiger partial charge in [-0.2, -0.15) is 0 Å². The fraction of sp³-hybridized carbons (Fsp3) is 0.263. The number of carbonyl (C=O) groups is 1. The third-order valence-electron chi connectivity index (χ3n) is 3.95. The Morgan fingerprint density at radius 3 is 2.38 bits per heavy atom. The van der Waals surface area contributed by atoms with Crippen LogP contribution in [0.2, 0.25) is 0 Å². The van der Waals surface area contributed by atoms with E-state index in [-0.39, 0.29) is 22.8 Å². The number of ketones is 1. The number of aliphatic imine (C=N–C) groups is 1. The highest BCUT2D eigenvalue weighted by molar-refractivity contribution is 9.10. The van der Waals surface area contributed by atoms with E-state index in [2.05, 4.69) is 25.8 Å². The summed E-state index contributed by atoms with van der Waals surface area (Å²) >= 11 is 3.40. The van der Waals surface area contributed by atoms with Gasteiger partial charge in [-0.25, -0.2) is 0 Å². The second kappa shape index (κ2) is 9.14. The van der Waals surface area contributed by atoms with Crippen LogP contribution in [0.15, 0.2) is 64.1 Å². The van der Waals surface area contributed by atoms with E-state index in [1.807, 2.05) is 54.6 Å². The van der Waals surface area contributed by atoms with E-state index in [0.717, 1.165) is 47.4 Å². The lowest BCUT2D eigenvalue weighted by atomic mass is 10.1. The van der Waals surface area contributed by atoms with Crippen molar-refractivity contribution < 1.29 is 4.79 Å². The number of halogens is 2. The Hall–Kier alpha value is -1.46. The van der Waals surface area contributed by atoms with Crippen LogP contribution in [0.1, 0.15) is 29.6 Å². The topological polar surface area (TPSA) is 32.7 Å². The van der Waals surface area contributed by atoms with Crippen molar-refractivity contribution in [1.29, 1.82) is 0 Å².